The second-order valence-corrected chi connectivity index (χ2v) is 5.92. The van der Waals surface area contributed by atoms with Gasteiger partial charge in [0.15, 0.2) is 12.7 Å². The Hall–Kier alpha value is -2.85. The summed E-state index contributed by atoms with van der Waals surface area (Å²) in [7, 11) is 0. The van der Waals surface area contributed by atoms with Gasteiger partial charge in [-0.3, -0.25) is 4.79 Å². The predicted octanol–water partition coefficient (Wildman–Crippen LogP) is 2.88. The Morgan fingerprint density at radius 1 is 1.38 bits per heavy atom. The second-order valence-electron chi connectivity index (χ2n) is 5.01. The number of carbonyl (C=O) groups excluding carboxylic acids is 2. The van der Waals surface area contributed by atoms with Crippen molar-refractivity contribution in [2.45, 2.75) is 20.0 Å². The van der Waals surface area contributed by atoms with E-state index in [-0.39, 0.29) is 0 Å². The van der Waals surface area contributed by atoms with E-state index < -0.39 is 24.6 Å². The number of anilines is 1. The van der Waals surface area contributed by atoms with E-state index in [0.29, 0.717) is 16.3 Å². The van der Waals surface area contributed by atoms with E-state index in [1.165, 1.54) is 11.3 Å². The molecule has 1 atom stereocenters. The van der Waals surface area contributed by atoms with Gasteiger partial charge >= 0.3 is 5.97 Å². The maximum atomic E-state index is 11.9. The number of esters is 1. The highest BCUT2D eigenvalue weighted by atomic mass is 32.1. The van der Waals surface area contributed by atoms with Crippen molar-refractivity contribution in [1.82, 2.24) is 0 Å². The Morgan fingerprint density at radius 3 is 2.88 bits per heavy atom. The van der Waals surface area contributed by atoms with Gasteiger partial charge in [0.1, 0.15) is 16.8 Å². The topological polar surface area (TPSA) is 88.4 Å². The standard InChI is InChI=1S/C17H16N2O4S/c1-11-4-3-5-14(8-11)23-12(2)17(21)22-10-15(20)19-16-13(9-18)6-7-24-16/h3-8,12H,10H2,1-2H3,(H,19,20)/t12-/m1/s1. The molecule has 2 aromatic rings. The number of rotatable bonds is 6. The molecule has 1 aromatic carbocycles. The second kappa shape index (κ2) is 8.13. The van der Waals surface area contributed by atoms with Crippen molar-refractivity contribution in [3.05, 3.63) is 46.8 Å². The fourth-order valence-corrected chi connectivity index (χ4v) is 2.61. The fraction of sp³-hybridized carbons (Fsp3) is 0.235. The van der Waals surface area contributed by atoms with Crippen LogP contribution in [0.3, 0.4) is 0 Å². The molecule has 1 heterocycles. The van der Waals surface area contributed by atoms with Crippen LogP contribution in [-0.4, -0.2) is 24.6 Å². The van der Waals surface area contributed by atoms with Crippen LogP contribution in [0.5, 0.6) is 5.75 Å². The summed E-state index contributed by atoms with van der Waals surface area (Å²) < 4.78 is 10.4. The van der Waals surface area contributed by atoms with Crippen molar-refractivity contribution in [2.75, 3.05) is 11.9 Å². The summed E-state index contributed by atoms with van der Waals surface area (Å²) >= 11 is 1.23. The van der Waals surface area contributed by atoms with Crippen molar-refractivity contribution in [3.63, 3.8) is 0 Å². The first-order chi connectivity index (χ1) is 11.5. The van der Waals surface area contributed by atoms with Gasteiger partial charge in [0.05, 0.1) is 5.56 Å². The van der Waals surface area contributed by atoms with Crippen LogP contribution in [0, 0.1) is 18.3 Å². The van der Waals surface area contributed by atoms with Gasteiger partial charge in [0.2, 0.25) is 0 Å². The van der Waals surface area contributed by atoms with Gasteiger partial charge in [-0.15, -0.1) is 11.3 Å². The van der Waals surface area contributed by atoms with Gasteiger partial charge in [-0.25, -0.2) is 4.79 Å². The molecule has 0 spiro atoms. The Bertz CT molecular complexity index is 779. The van der Waals surface area contributed by atoms with Crippen molar-refractivity contribution < 1.29 is 19.1 Å². The lowest BCUT2D eigenvalue weighted by atomic mass is 10.2. The van der Waals surface area contributed by atoms with Gasteiger partial charge in [-0.2, -0.15) is 5.26 Å². The zero-order valence-corrected chi connectivity index (χ0v) is 14.1. The number of aryl methyl sites for hydroxylation is 1. The highest BCUT2D eigenvalue weighted by molar-refractivity contribution is 7.14. The number of thiophene rings is 1. The molecule has 6 nitrogen and oxygen atoms in total. The molecular weight excluding hydrogens is 328 g/mol. The number of hydrogen-bond acceptors (Lipinski definition) is 6. The van der Waals surface area contributed by atoms with E-state index >= 15 is 0 Å². The number of amides is 1. The first-order valence-electron chi connectivity index (χ1n) is 7.17. The Labute approximate surface area is 143 Å². The molecule has 0 bridgehead atoms. The van der Waals surface area contributed by atoms with Crippen LogP contribution in [0.1, 0.15) is 18.1 Å². The molecule has 1 N–H and O–H groups in total. The predicted molar refractivity (Wildman–Crippen MR) is 89.9 cm³/mol. The van der Waals surface area contributed by atoms with Gasteiger partial charge < -0.3 is 14.8 Å². The number of hydrogen-bond donors (Lipinski definition) is 1. The molecule has 0 saturated carbocycles. The minimum absolute atomic E-state index is 0.371. The van der Waals surface area contributed by atoms with Crippen LogP contribution in [0.25, 0.3) is 0 Å². The molecule has 2 rings (SSSR count). The van der Waals surface area contributed by atoms with Crippen molar-refractivity contribution in [3.8, 4) is 11.8 Å². The number of ether oxygens (including phenoxy) is 2. The molecule has 0 aliphatic carbocycles. The van der Waals surface area contributed by atoms with Crippen LogP contribution in [0.2, 0.25) is 0 Å². The normalized spacial score (nSPS) is 11.2. The molecule has 0 aliphatic rings. The third-order valence-corrected chi connectivity index (χ3v) is 3.85. The van der Waals surface area contributed by atoms with Gasteiger partial charge in [0, 0.05) is 0 Å². The quantitative estimate of drug-likeness (QED) is 0.814. The molecule has 7 heteroatoms. The Balaban J connectivity index is 1.81. The minimum atomic E-state index is -0.837. The summed E-state index contributed by atoms with van der Waals surface area (Å²) in [6.45, 7) is 3.03. The van der Waals surface area contributed by atoms with E-state index in [4.69, 9.17) is 14.7 Å². The van der Waals surface area contributed by atoms with Crippen molar-refractivity contribution in [2.24, 2.45) is 0 Å². The summed E-state index contributed by atoms with van der Waals surface area (Å²) in [6.07, 6.45) is -0.837. The zero-order valence-electron chi connectivity index (χ0n) is 13.2. The summed E-state index contributed by atoms with van der Waals surface area (Å²) in [6, 6.07) is 10.8. The van der Waals surface area contributed by atoms with Crippen LogP contribution in [0.15, 0.2) is 35.7 Å². The lowest BCUT2D eigenvalue weighted by Gasteiger charge is -2.14. The maximum absolute atomic E-state index is 11.9. The van der Waals surface area contributed by atoms with Crippen molar-refractivity contribution in [1.29, 1.82) is 5.26 Å². The minimum Gasteiger partial charge on any atom is -0.479 e. The molecule has 0 fully saturated rings. The Kier molecular flexibility index (Phi) is 5.93. The molecule has 1 aromatic heterocycles. The number of nitrogens with one attached hydrogen (secondary N) is 1. The molecule has 24 heavy (non-hydrogen) atoms. The van der Waals surface area contributed by atoms with Crippen LogP contribution in [-0.2, 0) is 14.3 Å². The van der Waals surface area contributed by atoms with Crippen LogP contribution in [0.4, 0.5) is 5.00 Å². The number of nitriles is 1. The molecule has 0 saturated heterocycles. The van der Waals surface area contributed by atoms with E-state index in [0.717, 1.165) is 5.56 Å². The molecular formula is C17H16N2O4S. The third-order valence-electron chi connectivity index (χ3n) is 3.02. The van der Waals surface area contributed by atoms with Gasteiger partial charge in [-0.05, 0) is 43.0 Å². The molecule has 0 radical (unpaired) electrons. The largest absolute Gasteiger partial charge is 0.479 e. The number of nitrogens with zero attached hydrogens (tertiary/aromatic N) is 1. The summed E-state index contributed by atoms with van der Waals surface area (Å²) in [5.74, 6) is -0.593. The average molecular weight is 344 g/mol. The molecule has 0 unspecified atom stereocenters. The lowest BCUT2D eigenvalue weighted by Crippen LogP contribution is -2.29. The summed E-state index contributed by atoms with van der Waals surface area (Å²) in [5, 5.41) is 13.5. The summed E-state index contributed by atoms with van der Waals surface area (Å²) in [4.78, 5) is 23.7. The average Bonchev–Trinajstić information content (AvgIpc) is 2.99. The zero-order chi connectivity index (χ0) is 17.5. The van der Waals surface area contributed by atoms with E-state index in [1.54, 1.807) is 30.5 Å². The van der Waals surface area contributed by atoms with Crippen LogP contribution >= 0.6 is 11.3 Å². The maximum Gasteiger partial charge on any atom is 0.347 e. The SMILES string of the molecule is Cc1cccc(O[C@H](C)C(=O)OCC(=O)Nc2sccc2C#N)c1. The van der Waals surface area contributed by atoms with Crippen molar-refractivity contribution >= 4 is 28.2 Å². The van der Waals surface area contributed by atoms with E-state index in [1.807, 2.05) is 25.1 Å². The third kappa shape index (κ3) is 4.83. The van der Waals surface area contributed by atoms with Crippen LogP contribution < -0.4 is 10.1 Å². The summed E-state index contributed by atoms with van der Waals surface area (Å²) in [5.41, 5.74) is 1.38. The molecule has 1 amide bonds. The van der Waals surface area contributed by atoms with Gasteiger partial charge in [-0.1, -0.05) is 12.1 Å². The van der Waals surface area contributed by atoms with E-state index in [2.05, 4.69) is 5.32 Å². The van der Waals surface area contributed by atoms with E-state index in [9.17, 15) is 9.59 Å². The fourth-order valence-electron chi connectivity index (χ4n) is 1.85. The number of carbonyl (C=O) groups is 2. The monoisotopic (exact) mass is 344 g/mol. The number of benzene rings is 1. The highest BCUT2D eigenvalue weighted by Crippen LogP contribution is 2.21. The van der Waals surface area contributed by atoms with Gasteiger partial charge in [0.25, 0.3) is 5.91 Å². The first kappa shape index (κ1) is 17.5. The smallest absolute Gasteiger partial charge is 0.347 e. The highest BCUT2D eigenvalue weighted by Gasteiger charge is 2.18. The first-order valence-corrected chi connectivity index (χ1v) is 8.05. The Morgan fingerprint density at radius 2 is 2.17 bits per heavy atom. The molecule has 0 aliphatic heterocycles. The lowest BCUT2D eigenvalue weighted by molar-refractivity contribution is -0.153. The molecule has 124 valence electrons.